The SMILES string of the molecule is c1ccc(C2(c3ccccc3)c3ccccc3-c3ccc(Cc4ccc5oc6ccccc6c5c4)cc32)cc1. The van der Waals surface area contributed by atoms with Crippen molar-refractivity contribution in [3.05, 3.63) is 179 Å². The Morgan fingerprint density at radius 2 is 1.03 bits per heavy atom. The van der Waals surface area contributed by atoms with Crippen molar-refractivity contribution in [2.24, 2.45) is 0 Å². The van der Waals surface area contributed by atoms with Crippen LogP contribution in [0.1, 0.15) is 33.4 Å². The highest BCUT2D eigenvalue weighted by Gasteiger charge is 2.45. The summed E-state index contributed by atoms with van der Waals surface area (Å²) < 4.78 is 6.08. The molecule has 0 amide bonds. The molecule has 0 saturated heterocycles. The highest BCUT2D eigenvalue weighted by Crippen LogP contribution is 2.56. The van der Waals surface area contributed by atoms with Crippen molar-refractivity contribution in [3.8, 4) is 11.1 Å². The van der Waals surface area contributed by atoms with E-state index in [2.05, 4.69) is 133 Å². The Hall–Kier alpha value is -4.88. The molecule has 0 N–H and O–H groups in total. The zero-order valence-corrected chi connectivity index (χ0v) is 21.5. The number of furan rings is 1. The minimum absolute atomic E-state index is 0.366. The smallest absolute Gasteiger partial charge is 0.135 e. The second-order valence-electron chi connectivity index (χ2n) is 10.5. The van der Waals surface area contributed by atoms with Crippen LogP contribution in [0, 0.1) is 0 Å². The Labute approximate surface area is 228 Å². The summed E-state index contributed by atoms with van der Waals surface area (Å²) in [5, 5.41) is 2.35. The molecule has 7 aromatic rings. The third kappa shape index (κ3) is 3.26. The van der Waals surface area contributed by atoms with Crippen LogP contribution in [0.3, 0.4) is 0 Å². The van der Waals surface area contributed by atoms with Gasteiger partial charge >= 0.3 is 0 Å². The van der Waals surface area contributed by atoms with Crippen LogP contribution < -0.4 is 0 Å². The molecule has 0 saturated carbocycles. The summed E-state index contributed by atoms with van der Waals surface area (Å²) >= 11 is 0. The van der Waals surface area contributed by atoms with Gasteiger partial charge in [0, 0.05) is 10.8 Å². The van der Waals surface area contributed by atoms with E-state index in [-0.39, 0.29) is 5.41 Å². The molecule has 0 radical (unpaired) electrons. The number of fused-ring (bicyclic) bond motifs is 6. The van der Waals surface area contributed by atoms with Crippen molar-refractivity contribution in [2.75, 3.05) is 0 Å². The van der Waals surface area contributed by atoms with Gasteiger partial charge in [-0.1, -0.05) is 127 Å². The first-order chi connectivity index (χ1) is 19.3. The molecule has 0 spiro atoms. The van der Waals surface area contributed by atoms with Crippen LogP contribution in [0.5, 0.6) is 0 Å². The molecule has 1 heterocycles. The lowest BCUT2D eigenvalue weighted by Gasteiger charge is -2.34. The van der Waals surface area contributed by atoms with E-state index in [1.165, 1.54) is 55.3 Å². The van der Waals surface area contributed by atoms with E-state index >= 15 is 0 Å². The summed E-state index contributed by atoms with van der Waals surface area (Å²) in [7, 11) is 0. The van der Waals surface area contributed by atoms with Crippen molar-refractivity contribution in [2.45, 2.75) is 11.8 Å². The molecule has 1 aromatic heterocycles. The van der Waals surface area contributed by atoms with Gasteiger partial charge in [0.25, 0.3) is 0 Å². The molecule has 0 unspecified atom stereocenters. The fourth-order valence-electron chi connectivity index (χ4n) is 6.72. The first-order valence-corrected chi connectivity index (χ1v) is 13.6. The maximum atomic E-state index is 6.08. The number of para-hydroxylation sites is 1. The van der Waals surface area contributed by atoms with Crippen LogP contribution in [0.2, 0.25) is 0 Å². The highest BCUT2D eigenvalue weighted by molar-refractivity contribution is 6.05. The van der Waals surface area contributed by atoms with Crippen LogP contribution in [0.25, 0.3) is 33.1 Å². The van der Waals surface area contributed by atoms with Crippen molar-refractivity contribution in [1.29, 1.82) is 0 Å². The molecule has 0 fully saturated rings. The maximum absolute atomic E-state index is 6.08. The number of hydrogen-bond acceptors (Lipinski definition) is 1. The molecule has 0 atom stereocenters. The van der Waals surface area contributed by atoms with E-state index in [1.54, 1.807) is 0 Å². The van der Waals surface area contributed by atoms with Gasteiger partial charge in [0.15, 0.2) is 0 Å². The standard InChI is InChI=1S/C38H26O/c1-3-11-28(12-4-1)38(29-13-5-2-6-14-29)34-17-9-7-15-30(34)31-21-19-27(25-35(31)38)23-26-20-22-37-33(24-26)32-16-8-10-18-36(32)39-37/h1-22,24-25H,23H2. The highest BCUT2D eigenvalue weighted by atomic mass is 16.3. The van der Waals surface area contributed by atoms with Crippen LogP contribution in [-0.2, 0) is 11.8 Å². The topological polar surface area (TPSA) is 13.1 Å². The summed E-state index contributed by atoms with van der Waals surface area (Å²) in [5.74, 6) is 0. The molecule has 0 bridgehead atoms. The van der Waals surface area contributed by atoms with E-state index in [9.17, 15) is 0 Å². The normalized spacial score (nSPS) is 13.4. The first-order valence-electron chi connectivity index (χ1n) is 13.6. The Morgan fingerprint density at radius 1 is 0.436 bits per heavy atom. The molecular weight excluding hydrogens is 472 g/mol. The monoisotopic (exact) mass is 498 g/mol. The summed E-state index contributed by atoms with van der Waals surface area (Å²) in [4.78, 5) is 0. The second-order valence-corrected chi connectivity index (χ2v) is 10.5. The lowest BCUT2D eigenvalue weighted by atomic mass is 9.67. The first kappa shape index (κ1) is 22.1. The lowest BCUT2D eigenvalue weighted by Crippen LogP contribution is -2.28. The molecule has 6 aromatic carbocycles. The minimum Gasteiger partial charge on any atom is -0.456 e. The molecule has 1 aliphatic rings. The van der Waals surface area contributed by atoms with Crippen molar-refractivity contribution < 1.29 is 4.42 Å². The molecular formula is C38H26O. The number of hydrogen-bond donors (Lipinski definition) is 0. The van der Waals surface area contributed by atoms with E-state index in [1.807, 2.05) is 12.1 Å². The third-order valence-corrected chi connectivity index (χ3v) is 8.37. The predicted molar refractivity (Wildman–Crippen MR) is 160 cm³/mol. The van der Waals surface area contributed by atoms with Crippen LogP contribution >= 0.6 is 0 Å². The summed E-state index contributed by atoms with van der Waals surface area (Å²) in [6.45, 7) is 0. The second kappa shape index (κ2) is 8.58. The van der Waals surface area contributed by atoms with Gasteiger partial charge in [0.05, 0.1) is 5.41 Å². The predicted octanol–water partition coefficient (Wildman–Crippen LogP) is 9.54. The summed E-state index contributed by atoms with van der Waals surface area (Å²) in [6.07, 6.45) is 0.860. The number of benzene rings is 6. The average Bonchev–Trinajstić information content (AvgIpc) is 3.51. The Balaban J connectivity index is 1.33. The fourth-order valence-corrected chi connectivity index (χ4v) is 6.72. The molecule has 1 heteroatoms. The van der Waals surface area contributed by atoms with Gasteiger partial charge in [-0.05, 0) is 69.1 Å². The fraction of sp³-hybridized carbons (Fsp3) is 0.0526. The maximum Gasteiger partial charge on any atom is 0.135 e. The van der Waals surface area contributed by atoms with E-state index < -0.39 is 0 Å². The van der Waals surface area contributed by atoms with Gasteiger partial charge in [-0.2, -0.15) is 0 Å². The van der Waals surface area contributed by atoms with Gasteiger partial charge in [-0.25, -0.2) is 0 Å². The molecule has 8 rings (SSSR count). The Kier molecular flexibility index (Phi) is 4.87. The van der Waals surface area contributed by atoms with E-state index in [4.69, 9.17) is 4.42 Å². The van der Waals surface area contributed by atoms with E-state index in [0.717, 1.165) is 17.6 Å². The van der Waals surface area contributed by atoms with Crippen LogP contribution in [0.15, 0.2) is 150 Å². The van der Waals surface area contributed by atoms with Gasteiger partial charge in [0.2, 0.25) is 0 Å². The number of rotatable bonds is 4. The minimum atomic E-state index is -0.366. The molecule has 184 valence electrons. The zero-order chi connectivity index (χ0) is 25.8. The van der Waals surface area contributed by atoms with Crippen LogP contribution in [0.4, 0.5) is 0 Å². The summed E-state index contributed by atoms with van der Waals surface area (Å²) in [5.41, 5.74) is 12.0. The van der Waals surface area contributed by atoms with Crippen molar-refractivity contribution in [1.82, 2.24) is 0 Å². The average molecular weight is 499 g/mol. The lowest BCUT2D eigenvalue weighted by molar-refractivity contribution is 0.669. The largest absolute Gasteiger partial charge is 0.456 e. The Morgan fingerprint density at radius 3 is 1.82 bits per heavy atom. The molecule has 0 aliphatic heterocycles. The van der Waals surface area contributed by atoms with Crippen LogP contribution in [-0.4, -0.2) is 0 Å². The molecule has 1 nitrogen and oxygen atoms in total. The summed E-state index contributed by atoms with van der Waals surface area (Å²) in [6, 6.07) is 52.9. The Bertz CT molecular complexity index is 1940. The van der Waals surface area contributed by atoms with Gasteiger partial charge < -0.3 is 4.42 Å². The molecule has 1 aliphatic carbocycles. The van der Waals surface area contributed by atoms with Gasteiger partial charge in [-0.15, -0.1) is 0 Å². The zero-order valence-electron chi connectivity index (χ0n) is 21.5. The molecule has 39 heavy (non-hydrogen) atoms. The van der Waals surface area contributed by atoms with E-state index in [0.29, 0.717) is 0 Å². The van der Waals surface area contributed by atoms with Gasteiger partial charge in [0.1, 0.15) is 11.2 Å². The van der Waals surface area contributed by atoms with Gasteiger partial charge in [-0.3, -0.25) is 0 Å². The van der Waals surface area contributed by atoms with Crippen molar-refractivity contribution >= 4 is 21.9 Å². The third-order valence-electron chi connectivity index (χ3n) is 8.37. The quantitative estimate of drug-likeness (QED) is 0.235. The van der Waals surface area contributed by atoms with Crippen molar-refractivity contribution in [3.63, 3.8) is 0 Å².